The van der Waals surface area contributed by atoms with Gasteiger partial charge in [-0.15, -0.1) is 0 Å². The Morgan fingerprint density at radius 1 is 1.00 bits per heavy atom. The molecule has 4 aromatic rings. The van der Waals surface area contributed by atoms with E-state index in [1.165, 1.54) is 16.4 Å². The molecule has 1 amide bonds. The number of nitrogens with one attached hydrogen (secondary N) is 2. The Labute approximate surface area is 227 Å². The molecule has 198 valence electrons. The molecule has 0 atom stereocenters. The summed E-state index contributed by atoms with van der Waals surface area (Å²) in [6.07, 6.45) is 2.44. The van der Waals surface area contributed by atoms with Crippen LogP contribution in [0.4, 0.5) is 5.69 Å². The first kappa shape index (κ1) is 27.4. The van der Waals surface area contributed by atoms with Gasteiger partial charge in [0.1, 0.15) is 5.75 Å². The predicted molar refractivity (Wildman–Crippen MR) is 150 cm³/mol. The van der Waals surface area contributed by atoms with E-state index in [9.17, 15) is 13.2 Å². The van der Waals surface area contributed by atoms with Gasteiger partial charge in [-0.3, -0.25) is 9.78 Å². The Bertz CT molecular complexity index is 1480. The number of carbonyl (C=O) groups is 1. The summed E-state index contributed by atoms with van der Waals surface area (Å²) in [5.74, 6) is 0.157. The van der Waals surface area contributed by atoms with E-state index in [2.05, 4.69) is 15.6 Å². The quantitative estimate of drug-likeness (QED) is 0.247. The van der Waals surface area contributed by atoms with Crippen molar-refractivity contribution in [3.8, 4) is 5.75 Å². The topological polar surface area (TPSA) is 101 Å². The van der Waals surface area contributed by atoms with Crippen molar-refractivity contribution >= 4 is 44.1 Å². The van der Waals surface area contributed by atoms with Crippen LogP contribution in [0.5, 0.6) is 5.75 Å². The third-order valence-corrected chi connectivity index (χ3v) is 7.90. The van der Waals surface area contributed by atoms with Gasteiger partial charge in [0.05, 0.1) is 10.4 Å². The minimum Gasteiger partial charge on any atom is -0.484 e. The Hall–Kier alpha value is -3.66. The molecule has 0 spiro atoms. The molecular formula is C28H29ClN4O4S. The van der Waals surface area contributed by atoms with Crippen LogP contribution in [0.15, 0.2) is 90.0 Å². The van der Waals surface area contributed by atoms with E-state index in [0.717, 1.165) is 22.2 Å². The zero-order valence-electron chi connectivity index (χ0n) is 20.9. The lowest BCUT2D eigenvalue weighted by Gasteiger charge is -2.17. The highest BCUT2D eigenvalue weighted by Gasteiger charge is 2.21. The number of pyridine rings is 1. The fraction of sp³-hybridized carbons (Fsp3) is 0.214. The zero-order chi connectivity index (χ0) is 27.0. The molecule has 0 aliphatic rings. The number of hydrogen-bond acceptors (Lipinski definition) is 6. The number of benzene rings is 3. The Balaban J connectivity index is 1.18. The molecule has 0 saturated heterocycles. The standard InChI is InChI=1S/C28H29ClN4O4S/c1-33(19-21-6-3-2-4-7-21)38(35,36)24-11-9-23(10-12-24)37-20-28(34)32-16-5-15-30-26-14-17-31-27-18-22(29)8-13-25(26)27/h2-4,6-14,17-18H,5,15-16,19-20H2,1H3,(H,30,31)(H,32,34). The van der Waals surface area contributed by atoms with Crippen LogP contribution in [0, 0.1) is 0 Å². The fourth-order valence-corrected chi connectivity index (χ4v) is 5.15. The summed E-state index contributed by atoms with van der Waals surface area (Å²) in [5, 5.41) is 7.80. The van der Waals surface area contributed by atoms with Crippen molar-refractivity contribution in [1.82, 2.24) is 14.6 Å². The first-order chi connectivity index (χ1) is 18.3. The predicted octanol–water partition coefficient (Wildman–Crippen LogP) is 4.71. The number of sulfonamides is 1. The van der Waals surface area contributed by atoms with Crippen molar-refractivity contribution in [2.24, 2.45) is 0 Å². The molecule has 4 rings (SSSR count). The van der Waals surface area contributed by atoms with Gasteiger partial charge in [-0.25, -0.2) is 8.42 Å². The first-order valence-corrected chi connectivity index (χ1v) is 13.9. The summed E-state index contributed by atoms with van der Waals surface area (Å²) < 4.78 is 32.5. The highest BCUT2D eigenvalue weighted by Crippen LogP contribution is 2.24. The van der Waals surface area contributed by atoms with Crippen molar-refractivity contribution in [2.45, 2.75) is 17.9 Å². The minimum absolute atomic E-state index is 0.158. The molecule has 1 aromatic heterocycles. The molecule has 1 heterocycles. The van der Waals surface area contributed by atoms with Crippen LogP contribution in [-0.4, -0.2) is 50.4 Å². The number of anilines is 1. The number of halogens is 1. The maximum absolute atomic E-state index is 12.9. The zero-order valence-corrected chi connectivity index (χ0v) is 22.5. The maximum Gasteiger partial charge on any atom is 0.257 e. The fourth-order valence-electron chi connectivity index (χ4n) is 3.83. The van der Waals surface area contributed by atoms with Crippen LogP contribution in [0.3, 0.4) is 0 Å². The van der Waals surface area contributed by atoms with Crippen molar-refractivity contribution in [3.05, 3.63) is 95.6 Å². The molecule has 38 heavy (non-hydrogen) atoms. The van der Waals surface area contributed by atoms with Crippen LogP contribution >= 0.6 is 11.6 Å². The maximum atomic E-state index is 12.9. The largest absolute Gasteiger partial charge is 0.484 e. The lowest BCUT2D eigenvalue weighted by molar-refractivity contribution is -0.123. The van der Waals surface area contributed by atoms with Crippen LogP contribution in [0.2, 0.25) is 5.02 Å². The summed E-state index contributed by atoms with van der Waals surface area (Å²) in [7, 11) is -2.11. The van der Waals surface area contributed by atoms with Gasteiger partial charge in [-0.2, -0.15) is 4.31 Å². The highest BCUT2D eigenvalue weighted by atomic mass is 35.5. The van der Waals surface area contributed by atoms with Crippen LogP contribution in [0.25, 0.3) is 10.9 Å². The van der Waals surface area contributed by atoms with Gasteiger partial charge >= 0.3 is 0 Å². The molecular weight excluding hydrogens is 524 g/mol. The number of amides is 1. The SMILES string of the molecule is CN(Cc1ccccc1)S(=O)(=O)c1ccc(OCC(=O)NCCCNc2ccnc3cc(Cl)ccc23)cc1. The van der Waals surface area contributed by atoms with E-state index >= 15 is 0 Å². The summed E-state index contributed by atoms with van der Waals surface area (Å²) in [6, 6.07) is 22.9. The Kier molecular flexibility index (Phi) is 9.17. The molecule has 0 unspecified atom stereocenters. The number of carbonyl (C=O) groups excluding carboxylic acids is 1. The van der Waals surface area contributed by atoms with E-state index in [1.54, 1.807) is 25.4 Å². The van der Waals surface area contributed by atoms with Gasteiger partial charge in [0.25, 0.3) is 5.91 Å². The number of fused-ring (bicyclic) bond motifs is 1. The Morgan fingerprint density at radius 3 is 2.53 bits per heavy atom. The molecule has 0 aliphatic heterocycles. The van der Waals surface area contributed by atoms with Crippen molar-refractivity contribution in [2.75, 3.05) is 32.1 Å². The lowest BCUT2D eigenvalue weighted by atomic mass is 10.2. The summed E-state index contributed by atoms with van der Waals surface area (Å²) in [6.45, 7) is 1.25. The smallest absolute Gasteiger partial charge is 0.257 e. The van der Waals surface area contributed by atoms with Gasteiger partial charge in [0.15, 0.2) is 6.61 Å². The van der Waals surface area contributed by atoms with E-state index in [1.807, 2.05) is 54.6 Å². The van der Waals surface area contributed by atoms with E-state index in [0.29, 0.717) is 30.3 Å². The molecule has 0 bridgehead atoms. The molecule has 0 radical (unpaired) electrons. The molecule has 3 aromatic carbocycles. The van der Waals surface area contributed by atoms with Gasteiger partial charge in [-0.1, -0.05) is 41.9 Å². The third-order valence-electron chi connectivity index (χ3n) is 5.85. The molecule has 0 fully saturated rings. The second-order valence-electron chi connectivity index (χ2n) is 8.66. The average Bonchev–Trinajstić information content (AvgIpc) is 2.92. The number of rotatable bonds is 12. The number of ether oxygens (including phenoxy) is 1. The van der Waals surface area contributed by atoms with E-state index in [-0.39, 0.29) is 24.0 Å². The Morgan fingerprint density at radius 2 is 1.76 bits per heavy atom. The summed E-state index contributed by atoms with van der Waals surface area (Å²) in [4.78, 5) is 16.7. The molecule has 8 nitrogen and oxygen atoms in total. The second kappa shape index (κ2) is 12.7. The van der Waals surface area contributed by atoms with Gasteiger partial charge in [0.2, 0.25) is 10.0 Å². The van der Waals surface area contributed by atoms with Crippen molar-refractivity contribution < 1.29 is 17.9 Å². The van der Waals surface area contributed by atoms with Crippen LogP contribution < -0.4 is 15.4 Å². The van der Waals surface area contributed by atoms with E-state index < -0.39 is 10.0 Å². The van der Waals surface area contributed by atoms with Crippen LogP contribution in [0.1, 0.15) is 12.0 Å². The molecule has 0 saturated carbocycles. The van der Waals surface area contributed by atoms with E-state index in [4.69, 9.17) is 16.3 Å². The minimum atomic E-state index is -3.65. The van der Waals surface area contributed by atoms with Crippen molar-refractivity contribution in [3.63, 3.8) is 0 Å². The second-order valence-corrected chi connectivity index (χ2v) is 11.1. The van der Waals surface area contributed by atoms with Gasteiger partial charge < -0.3 is 15.4 Å². The first-order valence-electron chi connectivity index (χ1n) is 12.1. The molecule has 2 N–H and O–H groups in total. The van der Waals surface area contributed by atoms with Crippen LogP contribution in [-0.2, 0) is 21.4 Å². The summed E-state index contributed by atoms with van der Waals surface area (Å²) >= 11 is 6.04. The normalized spacial score (nSPS) is 11.4. The monoisotopic (exact) mass is 552 g/mol. The highest BCUT2D eigenvalue weighted by molar-refractivity contribution is 7.89. The lowest BCUT2D eigenvalue weighted by Crippen LogP contribution is -2.30. The van der Waals surface area contributed by atoms with Crippen molar-refractivity contribution in [1.29, 1.82) is 0 Å². The third kappa shape index (κ3) is 7.22. The molecule has 0 aliphatic carbocycles. The number of hydrogen-bond donors (Lipinski definition) is 2. The number of nitrogens with zero attached hydrogens (tertiary/aromatic N) is 2. The van der Waals surface area contributed by atoms with Gasteiger partial charge in [-0.05, 0) is 60.5 Å². The average molecular weight is 553 g/mol. The summed E-state index contributed by atoms with van der Waals surface area (Å²) in [5.41, 5.74) is 2.67. The van der Waals surface area contributed by atoms with Gasteiger partial charge in [0, 0.05) is 49.0 Å². The molecule has 10 heteroatoms. The number of aromatic nitrogens is 1.